The van der Waals surface area contributed by atoms with E-state index in [1.165, 1.54) is 22.4 Å². The number of hydrogen-bond donors (Lipinski definition) is 1. The van der Waals surface area contributed by atoms with Crippen LogP contribution in [-0.2, 0) is 19.6 Å². The molecule has 0 radical (unpaired) electrons. The van der Waals surface area contributed by atoms with E-state index < -0.39 is 0 Å². The van der Waals surface area contributed by atoms with E-state index in [1.54, 1.807) is 0 Å². The zero-order valence-electron chi connectivity index (χ0n) is 16.6. The van der Waals surface area contributed by atoms with E-state index in [0.717, 1.165) is 45.8 Å². The van der Waals surface area contributed by atoms with Gasteiger partial charge in [0.15, 0.2) is 0 Å². The fraction of sp³-hybridized carbons (Fsp3) is 0.348. The third kappa shape index (κ3) is 5.00. The SMILES string of the molecule is CN1CCN(c2ccc(CNCc3cnn(Cc4ccccc4)c3)cc2)CC1. The maximum absolute atomic E-state index is 4.47. The van der Waals surface area contributed by atoms with E-state index in [9.17, 15) is 0 Å². The largest absolute Gasteiger partial charge is 0.369 e. The topological polar surface area (TPSA) is 36.3 Å². The molecule has 1 aliphatic rings. The van der Waals surface area contributed by atoms with Gasteiger partial charge in [0, 0.05) is 56.7 Å². The fourth-order valence-electron chi connectivity index (χ4n) is 3.60. The first-order chi connectivity index (χ1) is 13.8. The van der Waals surface area contributed by atoms with Gasteiger partial charge < -0.3 is 15.1 Å². The lowest BCUT2D eigenvalue weighted by atomic mass is 10.1. The van der Waals surface area contributed by atoms with Crippen LogP contribution in [0.25, 0.3) is 0 Å². The van der Waals surface area contributed by atoms with Gasteiger partial charge in [0.1, 0.15) is 0 Å². The van der Waals surface area contributed by atoms with Crippen LogP contribution in [0.3, 0.4) is 0 Å². The third-order valence-corrected chi connectivity index (χ3v) is 5.34. The third-order valence-electron chi connectivity index (χ3n) is 5.34. The smallest absolute Gasteiger partial charge is 0.0659 e. The lowest BCUT2D eigenvalue weighted by Crippen LogP contribution is -2.44. The van der Waals surface area contributed by atoms with Gasteiger partial charge >= 0.3 is 0 Å². The van der Waals surface area contributed by atoms with Gasteiger partial charge in [0.2, 0.25) is 0 Å². The summed E-state index contributed by atoms with van der Waals surface area (Å²) in [6, 6.07) is 19.4. The van der Waals surface area contributed by atoms with E-state index in [0.29, 0.717) is 0 Å². The Morgan fingerprint density at radius 3 is 2.29 bits per heavy atom. The summed E-state index contributed by atoms with van der Waals surface area (Å²) in [5, 5.41) is 8.00. The maximum atomic E-state index is 4.47. The van der Waals surface area contributed by atoms with Crippen molar-refractivity contribution in [2.75, 3.05) is 38.1 Å². The van der Waals surface area contributed by atoms with Crippen LogP contribution >= 0.6 is 0 Å². The zero-order valence-corrected chi connectivity index (χ0v) is 16.6. The van der Waals surface area contributed by atoms with Gasteiger partial charge in [0.25, 0.3) is 0 Å². The number of anilines is 1. The predicted octanol–water partition coefficient (Wildman–Crippen LogP) is 2.97. The summed E-state index contributed by atoms with van der Waals surface area (Å²) in [4.78, 5) is 4.86. The number of rotatable bonds is 7. The molecule has 0 aliphatic carbocycles. The monoisotopic (exact) mass is 375 g/mol. The van der Waals surface area contributed by atoms with Gasteiger partial charge in [-0.15, -0.1) is 0 Å². The van der Waals surface area contributed by atoms with E-state index in [2.05, 4.69) is 82.0 Å². The van der Waals surface area contributed by atoms with Crippen molar-refractivity contribution in [1.29, 1.82) is 0 Å². The Kier molecular flexibility index (Phi) is 6.04. The number of nitrogens with one attached hydrogen (secondary N) is 1. The van der Waals surface area contributed by atoms with E-state index in [4.69, 9.17) is 0 Å². The van der Waals surface area contributed by atoms with E-state index in [1.807, 2.05) is 16.9 Å². The summed E-state index contributed by atoms with van der Waals surface area (Å²) in [5.41, 5.74) is 5.13. The van der Waals surface area contributed by atoms with Crippen LogP contribution in [0.4, 0.5) is 5.69 Å². The second-order valence-corrected chi connectivity index (χ2v) is 7.59. The molecule has 1 fully saturated rings. The van der Waals surface area contributed by atoms with Crippen LogP contribution in [0.15, 0.2) is 67.0 Å². The molecule has 0 unspecified atom stereocenters. The maximum Gasteiger partial charge on any atom is 0.0659 e. The molecule has 0 atom stereocenters. The molecule has 1 N–H and O–H groups in total. The van der Waals surface area contributed by atoms with Crippen LogP contribution in [0, 0.1) is 0 Å². The molecule has 146 valence electrons. The second kappa shape index (κ2) is 9.04. The first-order valence-electron chi connectivity index (χ1n) is 10.0. The number of piperazine rings is 1. The summed E-state index contributed by atoms with van der Waals surface area (Å²) in [5.74, 6) is 0. The fourth-order valence-corrected chi connectivity index (χ4v) is 3.60. The standard InChI is InChI=1S/C23H29N5/c1-26-11-13-27(14-12-26)23-9-7-20(8-10-23)15-24-16-22-17-25-28(19-22)18-21-5-3-2-4-6-21/h2-10,17,19,24H,11-16,18H2,1H3. The van der Waals surface area contributed by atoms with Crippen molar-refractivity contribution in [2.45, 2.75) is 19.6 Å². The van der Waals surface area contributed by atoms with Crippen molar-refractivity contribution >= 4 is 5.69 Å². The summed E-state index contributed by atoms with van der Waals surface area (Å²) < 4.78 is 2.00. The summed E-state index contributed by atoms with van der Waals surface area (Å²) >= 11 is 0. The van der Waals surface area contributed by atoms with Crippen LogP contribution in [0.1, 0.15) is 16.7 Å². The molecule has 1 saturated heterocycles. The molecule has 0 amide bonds. The van der Waals surface area contributed by atoms with Gasteiger partial charge in [-0.05, 0) is 30.3 Å². The van der Waals surface area contributed by atoms with Gasteiger partial charge in [-0.3, -0.25) is 4.68 Å². The van der Waals surface area contributed by atoms with E-state index >= 15 is 0 Å². The average molecular weight is 376 g/mol. The number of benzene rings is 2. The molecule has 5 heteroatoms. The van der Waals surface area contributed by atoms with Gasteiger partial charge in [-0.1, -0.05) is 42.5 Å². The molecule has 2 heterocycles. The van der Waals surface area contributed by atoms with Crippen molar-refractivity contribution < 1.29 is 0 Å². The first kappa shape index (κ1) is 18.7. The highest BCUT2D eigenvalue weighted by atomic mass is 15.3. The molecule has 5 nitrogen and oxygen atoms in total. The number of likely N-dealkylation sites (N-methyl/N-ethyl adjacent to an activating group) is 1. The Morgan fingerprint density at radius 2 is 1.54 bits per heavy atom. The van der Waals surface area contributed by atoms with Crippen LogP contribution in [-0.4, -0.2) is 47.9 Å². The average Bonchev–Trinajstić information content (AvgIpc) is 3.17. The Bertz CT molecular complexity index is 848. The molecular weight excluding hydrogens is 346 g/mol. The molecule has 2 aromatic carbocycles. The summed E-state index contributed by atoms with van der Waals surface area (Å²) in [6.45, 7) is 7.02. The normalized spacial score (nSPS) is 15.1. The van der Waals surface area contributed by atoms with Gasteiger partial charge in [0.05, 0.1) is 12.7 Å². The molecular formula is C23H29N5. The highest BCUT2D eigenvalue weighted by molar-refractivity contribution is 5.48. The Morgan fingerprint density at radius 1 is 0.821 bits per heavy atom. The van der Waals surface area contributed by atoms with E-state index in [-0.39, 0.29) is 0 Å². The Balaban J connectivity index is 1.24. The van der Waals surface area contributed by atoms with Gasteiger partial charge in [-0.25, -0.2) is 0 Å². The minimum atomic E-state index is 0.814. The molecule has 0 spiro atoms. The molecule has 3 aromatic rings. The van der Waals surface area contributed by atoms with Crippen molar-refractivity contribution in [3.8, 4) is 0 Å². The zero-order chi connectivity index (χ0) is 19.2. The summed E-state index contributed by atoms with van der Waals surface area (Å²) in [6.07, 6.45) is 4.07. The molecule has 1 aromatic heterocycles. The highest BCUT2D eigenvalue weighted by Gasteiger charge is 2.13. The van der Waals surface area contributed by atoms with Crippen LogP contribution < -0.4 is 10.2 Å². The lowest BCUT2D eigenvalue weighted by Gasteiger charge is -2.34. The van der Waals surface area contributed by atoms with Crippen molar-refractivity contribution in [2.24, 2.45) is 0 Å². The number of hydrogen-bond acceptors (Lipinski definition) is 4. The van der Waals surface area contributed by atoms with Crippen LogP contribution in [0.5, 0.6) is 0 Å². The van der Waals surface area contributed by atoms with Crippen molar-refractivity contribution in [3.63, 3.8) is 0 Å². The quantitative estimate of drug-likeness (QED) is 0.689. The minimum Gasteiger partial charge on any atom is -0.369 e. The molecule has 0 bridgehead atoms. The molecule has 0 saturated carbocycles. The second-order valence-electron chi connectivity index (χ2n) is 7.59. The van der Waals surface area contributed by atoms with Crippen molar-refractivity contribution in [3.05, 3.63) is 83.7 Å². The molecule has 1 aliphatic heterocycles. The molecule has 28 heavy (non-hydrogen) atoms. The van der Waals surface area contributed by atoms with Crippen molar-refractivity contribution in [1.82, 2.24) is 20.0 Å². The summed E-state index contributed by atoms with van der Waals surface area (Å²) in [7, 11) is 2.19. The number of aromatic nitrogens is 2. The lowest BCUT2D eigenvalue weighted by molar-refractivity contribution is 0.313. The van der Waals surface area contributed by atoms with Gasteiger partial charge in [-0.2, -0.15) is 5.10 Å². The number of nitrogens with zero attached hydrogens (tertiary/aromatic N) is 4. The first-order valence-corrected chi connectivity index (χ1v) is 10.0. The Labute approximate surface area is 167 Å². The van der Waals surface area contributed by atoms with Crippen LogP contribution in [0.2, 0.25) is 0 Å². The highest BCUT2D eigenvalue weighted by Crippen LogP contribution is 2.17. The molecule has 4 rings (SSSR count). The predicted molar refractivity (Wildman–Crippen MR) is 114 cm³/mol. The Hall–Kier alpha value is -2.63. The minimum absolute atomic E-state index is 0.814.